The summed E-state index contributed by atoms with van der Waals surface area (Å²) in [5.74, 6) is 0. The van der Waals surface area contributed by atoms with Crippen molar-refractivity contribution in [3.63, 3.8) is 0 Å². The molecule has 1 aromatic heterocycles. The predicted molar refractivity (Wildman–Crippen MR) is 109 cm³/mol. The Kier molecular flexibility index (Phi) is 5.60. The van der Waals surface area contributed by atoms with Crippen molar-refractivity contribution in [2.24, 2.45) is 0 Å². The lowest BCUT2D eigenvalue weighted by molar-refractivity contribution is 0.562. The number of allylic oxidation sites excluding steroid dienone is 1. The zero-order valence-corrected chi connectivity index (χ0v) is 17.2. The number of nitrogens with zero attached hydrogens (tertiary/aromatic N) is 3. The van der Waals surface area contributed by atoms with Crippen molar-refractivity contribution in [1.82, 2.24) is 9.13 Å². The van der Waals surface area contributed by atoms with Crippen LogP contribution < -0.4 is 15.6 Å². The Hall–Kier alpha value is -2.61. The minimum absolute atomic E-state index is 0.0771. The number of anilines is 1. The van der Waals surface area contributed by atoms with Crippen LogP contribution in [0.25, 0.3) is 0 Å². The molecule has 0 unspecified atom stereocenters. The van der Waals surface area contributed by atoms with Crippen molar-refractivity contribution >= 4 is 15.7 Å². The second-order valence-electron chi connectivity index (χ2n) is 6.73. The molecule has 0 aliphatic carbocycles. The molecule has 8 heteroatoms. The molecule has 0 saturated carbocycles. The van der Waals surface area contributed by atoms with Gasteiger partial charge in [-0.1, -0.05) is 29.8 Å². The zero-order chi connectivity index (χ0) is 20.5. The maximum Gasteiger partial charge on any atom is 0.331 e. The number of fused-ring (bicyclic) bond motifs is 1. The van der Waals surface area contributed by atoms with E-state index in [4.69, 9.17) is 0 Å². The summed E-state index contributed by atoms with van der Waals surface area (Å²) in [5, 5.41) is 0. The lowest BCUT2D eigenvalue weighted by Gasteiger charge is -2.28. The van der Waals surface area contributed by atoms with E-state index in [9.17, 15) is 18.0 Å². The number of hydrogen-bond donors (Lipinski definition) is 0. The van der Waals surface area contributed by atoms with Crippen LogP contribution in [-0.2, 0) is 29.5 Å². The highest BCUT2D eigenvalue weighted by Gasteiger charge is 2.31. The molecule has 0 spiro atoms. The van der Waals surface area contributed by atoms with E-state index in [1.807, 2.05) is 26.0 Å². The molecule has 0 bridgehead atoms. The van der Waals surface area contributed by atoms with Crippen molar-refractivity contribution in [1.29, 1.82) is 0 Å². The first-order valence-electron chi connectivity index (χ1n) is 9.43. The summed E-state index contributed by atoms with van der Waals surface area (Å²) < 4.78 is 30.6. The van der Waals surface area contributed by atoms with Crippen LogP contribution in [0.5, 0.6) is 0 Å². The number of hydrogen-bond acceptors (Lipinski definition) is 4. The molecular formula is C20H25N3O4S. The fourth-order valence-corrected chi connectivity index (χ4v) is 4.99. The van der Waals surface area contributed by atoms with E-state index >= 15 is 0 Å². The maximum atomic E-state index is 13.4. The SMILES string of the molecule is CCn1c2c(c(=O)n(CC)c1=O)N(S(=O)(=O)c1ccc(C)cc1)CC/C=C\C2. The molecule has 0 fully saturated rings. The van der Waals surface area contributed by atoms with Gasteiger partial charge >= 0.3 is 5.69 Å². The first kappa shape index (κ1) is 20.1. The Morgan fingerprint density at radius 3 is 2.21 bits per heavy atom. The van der Waals surface area contributed by atoms with Gasteiger partial charge in [-0.15, -0.1) is 0 Å². The molecule has 0 N–H and O–H groups in total. The van der Waals surface area contributed by atoms with E-state index in [2.05, 4.69) is 0 Å². The van der Waals surface area contributed by atoms with E-state index in [-0.39, 0.29) is 23.7 Å². The molecule has 28 heavy (non-hydrogen) atoms. The molecule has 0 radical (unpaired) electrons. The topological polar surface area (TPSA) is 81.4 Å². The van der Waals surface area contributed by atoms with Gasteiger partial charge in [0.1, 0.15) is 5.69 Å². The molecule has 0 amide bonds. The third kappa shape index (κ3) is 3.32. The third-order valence-corrected chi connectivity index (χ3v) is 6.79. The van der Waals surface area contributed by atoms with Crippen molar-refractivity contribution in [3.05, 3.63) is 68.5 Å². The zero-order valence-electron chi connectivity index (χ0n) is 16.4. The van der Waals surface area contributed by atoms with E-state index in [0.29, 0.717) is 25.1 Å². The van der Waals surface area contributed by atoms with Gasteiger partial charge in [-0.05, 0) is 39.3 Å². The van der Waals surface area contributed by atoms with Crippen molar-refractivity contribution in [3.8, 4) is 0 Å². The van der Waals surface area contributed by atoms with Gasteiger partial charge in [0.2, 0.25) is 0 Å². The molecule has 1 aliphatic rings. The number of aromatic nitrogens is 2. The average molecular weight is 404 g/mol. The van der Waals surface area contributed by atoms with Crippen LogP contribution in [0.2, 0.25) is 0 Å². The molecule has 3 rings (SSSR count). The van der Waals surface area contributed by atoms with E-state index in [1.165, 1.54) is 8.87 Å². The molecule has 150 valence electrons. The minimum atomic E-state index is -3.95. The number of aryl methyl sites for hydroxylation is 1. The summed E-state index contributed by atoms with van der Waals surface area (Å²) in [6, 6.07) is 6.56. The summed E-state index contributed by atoms with van der Waals surface area (Å²) >= 11 is 0. The Bertz CT molecular complexity index is 1130. The van der Waals surface area contributed by atoms with Gasteiger partial charge in [-0.2, -0.15) is 0 Å². The molecule has 2 heterocycles. The number of benzene rings is 1. The fraction of sp³-hybridized carbons (Fsp3) is 0.400. The van der Waals surface area contributed by atoms with Crippen LogP contribution in [0.3, 0.4) is 0 Å². The predicted octanol–water partition coefficient (Wildman–Crippen LogP) is 2.06. The molecule has 7 nitrogen and oxygen atoms in total. The molecule has 1 aliphatic heterocycles. The van der Waals surface area contributed by atoms with Gasteiger partial charge in [-0.25, -0.2) is 13.2 Å². The molecular weight excluding hydrogens is 378 g/mol. The third-order valence-electron chi connectivity index (χ3n) is 4.98. The van der Waals surface area contributed by atoms with Gasteiger partial charge in [0.05, 0.1) is 10.6 Å². The molecule has 0 saturated heterocycles. The fourth-order valence-electron chi connectivity index (χ4n) is 3.48. The first-order valence-corrected chi connectivity index (χ1v) is 10.9. The van der Waals surface area contributed by atoms with Crippen LogP contribution in [0.1, 0.15) is 31.5 Å². The van der Waals surface area contributed by atoms with Crippen LogP contribution >= 0.6 is 0 Å². The van der Waals surface area contributed by atoms with Crippen LogP contribution in [-0.4, -0.2) is 24.1 Å². The van der Waals surface area contributed by atoms with Gasteiger partial charge < -0.3 is 0 Å². The smallest absolute Gasteiger partial charge is 0.295 e. The normalized spacial score (nSPS) is 15.6. The second-order valence-corrected chi connectivity index (χ2v) is 8.59. The molecule has 0 atom stereocenters. The quantitative estimate of drug-likeness (QED) is 0.732. The second kappa shape index (κ2) is 7.79. The number of sulfonamides is 1. The lowest BCUT2D eigenvalue weighted by Crippen LogP contribution is -2.47. The molecule has 2 aromatic rings. The largest absolute Gasteiger partial charge is 0.331 e. The van der Waals surface area contributed by atoms with Gasteiger partial charge in [0.15, 0.2) is 0 Å². The van der Waals surface area contributed by atoms with Crippen molar-refractivity contribution < 1.29 is 8.42 Å². The summed E-state index contributed by atoms with van der Waals surface area (Å²) in [6.45, 7) is 6.07. The van der Waals surface area contributed by atoms with E-state index < -0.39 is 21.3 Å². The number of rotatable bonds is 4. The van der Waals surface area contributed by atoms with Crippen molar-refractivity contribution in [2.75, 3.05) is 10.8 Å². The lowest BCUT2D eigenvalue weighted by atomic mass is 10.1. The maximum absolute atomic E-state index is 13.4. The average Bonchev–Trinajstić information content (AvgIpc) is 2.63. The van der Waals surface area contributed by atoms with Crippen LogP contribution in [0, 0.1) is 6.92 Å². The highest BCUT2D eigenvalue weighted by molar-refractivity contribution is 7.92. The van der Waals surface area contributed by atoms with Crippen LogP contribution in [0.4, 0.5) is 5.69 Å². The highest BCUT2D eigenvalue weighted by Crippen LogP contribution is 2.26. The Morgan fingerprint density at radius 2 is 1.61 bits per heavy atom. The van der Waals surface area contributed by atoms with E-state index in [0.717, 1.165) is 10.1 Å². The van der Waals surface area contributed by atoms with E-state index in [1.54, 1.807) is 31.2 Å². The summed E-state index contributed by atoms with van der Waals surface area (Å²) in [6.07, 6.45) is 4.59. The van der Waals surface area contributed by atoms with Gasteiger partial charge in [-0.3, -0.25) is 18.2 Å². The summed E-state index contributed by atoms with van der Waals surface area (Å²) in [7, 11) is -3.95. The highest BCUT2D eigenvalue weighted by atomic mass is 32.2. The standard InChI is InChI=1S/C20H25N3O4S/c1-4-21-17-9-7-6-8-14-23(18(17)19(24)22(5-2)20(21)25)28(26,27)16-12-10-15(3)11-13-16/h6-7,10-13H,4-5,8-9,14H2,1-3H3/b7-6-. The minimum Gasteiger partial charge on any atom is -0.295 e. The van der Waals surface area contributed by atoms with Gasteiger partial charge in [0, 0.05) is 26.1 Å². The van der Waals surface area contributed by atoms with Crippen molar-refractivity contribution in [2.45, 2.75) is 51.6 Å². The Morgan fingerprint density at radius 1 is 0.964 bits per heavy atom. The van der Waals surface area contributed by atoms with Gasteiger partial charge in [0.25, 0.3) is 15.6 Å². The first-order chi connectivity index (χ1) is 13.3. The Labute approximate surface area is 164 Å². The Balaban J connectivity index is 2.34. The molecule has 1 aromatic carbocycles. The monoisotopic (exact) mass is 403 g/mol. The summed E-state index contributed by atoms with van der Waals surface area (Å²) in [5.41, 5.74) is 0.499. The van der Waals surface area contributed by atoms with Crippen LogP contribution in [0.15, 0.2) is 50.9 Å². The summed E-state index contributed by atoms with van der Waals surface area (Å²) in [4.78, 5) is 26.0.